The molecule has 1 atom stereocenters. The Kier molecular flexibility index (Phi) is 8.40. The first kappa shape index (κ1) is 27.2. The molecule has 200 valence electrons. The van der Waals surface area contributed by atoms with Crippen LogP contribution in [0.3, 0.4) is 0 Å². The lowest BCUT2D eigenvalue weighted by Crippen LogP contribution is -2.33. The molecule has 1 heterocycles. The fourth-order valence-corrected chi connectivity index (χ4v) is 4.63. The molecule has 1 aliphatic rings. The molecule has 4 rings (SSSR count). The van der Waals surface area contributed by atoms with Crippen molar-refractivity contribution in [1.29, 1.82) is 0 Å². The normalized spacial score (nSPS) is 15.4. The van der Waals surface area contributed by atoms with Crippen molar-refractivity contribution in [3.05, 3.63) is 83.7 Å². The second-order valence-electron chi connectivity index (χ2n) is 9.03. The van der Waals surface area contributed by atoms with Crippen molar-refractivity contribution in [2.24, 2.45) is 5.14 Å². The monoisotopic (exact) mass is 540 g/mol. The number of nitrogens with one attached hydrogen (secondary N) is 2. The summed E-state index contributed by atoms with van der Waals surface area (Å²) in [5, 5.41) is 11.1. The van der Waals surface area contributed by atoms with Crippen LogP contribution in [0.5, 0.6) is 0 Å². The number of ether oxygens (including phenoxy) is 1. The number of carbonyl (C=O) groups is 2. The molecule has 3 aromatic carbocycles. The average Bonchev–Trinajstić information content (AvgIpc) is 3.26. The molecular weight excluding hydrogens is 511 g/mol. The number of halogens is 1. The summed E-state index contributed by atoms with van der Waals surface area (Å²) in [5.74, 6) is -0.674. The van der Waals surface area contributed by atoms with E-state index in [1.54, 1.807) is 24.3 Å². The van der Waals surface area contributed by atoms with Crippen LogP contribution in [-0.2, 0) is 32.5 Å². The molecular formula is C27H29FN4O5S. The van der Waals surface area contributed by atoms with Crippen LogP contribution in [0.1, 0.15) is 18.1 Å². The van der Waals surface area contributed by atoms with Gasteiger partial charge in [-0.2, -0.15) is 0 Å². The van der Waals surface area contributed by atoms with Crippen molar-refractivity contribution in [1.82, 2.24) is 10.6 Å². The number of carbonyl (C=O) groups excluding carboxylic acids is 2. The molecule has 0 saturated carbocycles. The summed E-state index contributed by atoms with van der Waals surface area (Å²) in [6.45, 7) is 3.12. The van der Waals surface area contributed by atoms with Crippen molar-refractivity contribution in [2.45, 2.75) is 30.9 Å². The lowest BCUT2D eigenvalue weighted by Gasteiger charge is -2.15. The lowest BCUT2D eigenvalue weighted by atomic mass is 10.0. The minimum Gasteiger partial charge on any atom is -0.442 e. The van der Waals surface area contributed by atoms with Crippen molar-refractivity contribution in [3.63, 3.8) is 0 Å². The molecule has 9 nitrogen and oxygen atoms in total. The third kappa shape index (κ3) is 6.94. The summed E-state index contributed by atoms with van der Waals surface area (Å²) < 4.78 is 42.9. The first-order valence-corrected chi connectivity index (χ1v) is 13.6. The number of cyclic esters (lactones) is 1. The van der Waals surface area contributed by atoms with Gasteiger partial charge in [0.05, 0.1) is 23.7 Å². The van der Waals surface area contributed by atoms with Crippen molar-refractivity contribution in [3.8, 4) is 11.1 Å². The predicted molar refractivity (Wildman–Crippen MR) is 141 cm³/mol. The first-order valence-electron chi connectivity index (χ1n) is 12.0. The molecule has 4 N–H and O–H groups in total. The van der Waals surface area contributed by atoms with E-state index in [1.165, 1.54) is 30.0 Å². The highest BCUT2D eigenvalue weighted by Gasteiger charge is 2.32. The summed E-state index contributed by atoms with van der Waals surface area (Å²) in [7, 11) is -3.69. The molecule has 1 aliphatic heterocycles. The van der Waals surface area contributed by atoms with E-state index in [9.17, 15) is 22.4 Å². The number of hydrogen-bond donors (Lipinski definition) is 3. The molecule has 38 heavy (non-hydrogen) atoms. The number of amides is 2. The van der Waals surface area contributed by atoms with Gasteiger partial charge in [0.15, 0.2) is 0 Å². The molecule has 2 amide bonds. The molecule has 0 spiro atoms. The van der Waals surface area contributed by atoms with E-state index < -0.39 is 28.0 Å². The Morgan fingerprint density at radius 3 is 2.39 bits per heavy atom. The summed E-state index contributed by atoms with van der Waals surface area (Å²) in [6.07, 6.45) is -0.352. The lowest BCUT2D eigenvalue weighted by molar-refractivity contribution is -0.119. The van der Waals surface area contributed by atoms with Crippen molar-refractivity contribution >= 4 is 27.7 Å². The van der Waals surface area contributed by atoms with E-state index in [-0.39, 0.29) is 23.9 Å². The molecule has 1 saturated heterocycles. The largest absolute Gasteiger partial charge is 0.442 e. The third-order valence-corrected chi connectivity index (χ3v) is 7.08. The van der Waals surface area contributed by atoms with Gasteiger partial charge in [-0.15, -0.1) is 0 Å². The number of hydrogen-bond acceptors (Lipinski definition) is 6. The van der Waals surface area contributed by atoms with E-state index in [0.717, 1.165) is 17.5 Å². The molecule has 0 aliphatic carbocycles. The fourth-order valence-electron chi connectivity index (χ4n) is 4.12. The number of nitrogens with zero attached hydrogens (tertiary/aromatic N) is 1. The van der Waals surface area contributed by atoms with Gasteiger partial charge in [-0.05, 0) is 60.0 Å². The minimum absolute atomic E-state index is 0.0891. The van der Waals surface area contributed by atoms with Crippen LogP contribution >= 0.6 is 0 Å². The van der Waals surface area contributed by atoms with E-state index in [2.05, 4.69) is 10.6 Å². The molecule has 0 radical (unpaired) electrons. The zero-order chi connectivity index (χ0) is 27.3. The highest BCUT2D eigenvalue weighted by Crippen LogP contribution is 2.29. The Labute approximate surface area is 220 Å². The summed E-state index contributed by atoms with van der Waals surface area (Å²) in [4.78, 5) is 24.7. The van der Waals surface area contributed by atoms with Gasteiger partial charge in [0.1, 0.15) is 11.9 Å². The Morgan fingerprint density at radius 1 is 1.08 bits per heavy atom. The number of primary sulfonamides is 1. The van der Waals surface area contributed by atoms with Gasteiger partial charge in [-0.25, -0.2) is 22.7 Å². The number of sulfonamides is 1. The summed E-state index contributed by atoms with van der Waals surface area (Å²) >= 11 is 0. The van der Waals surface area contributed by atoms with Crippen LogP contribution < -0.4 is 20.7 Å². The third-order valence-electron chi connectivity index (χ3n) is 6.15. The molecule has 11 heteroatoms. The summed E-state index contributed by atoms with van der Waals surface area (Å²) in [6, 6.07) is 18.6. The molecule has 0 bridgehead atoms. The standard InChI is InChI=1S/C27H29FN4O5S/c1-18(33)31-16-23-17-32(27(34)37-23)22-8-11-25(26(28)14-22)21-6-2-20(3-7-21)15-30-13-12-19-4-9-24(10-5-19)38(29,35)36/h2-11,14,23,30H,12-13,15-17H2,1H3,(H,31,33)(H2,29,35,36)/t23-/m0/s1. The maximum Gasteiger partial charge on any atom is 0.414 e. The maximum absolute atomic E-state index is 15.0. The highest BCUT2D eigenvalue weighted by atomic mass is 32.2. The summed E-state index contributed by atoms with van der Waals surface area (Å²) in [5.41, 5.74) is 3.53. The van der Waals surface area contributed by atoms with Crippen molar-refractivity contribution in [2.75, 3.05) is 24.5 Å². The van der Waals surface area contributed by atoms with Crippen LogP contribution in [0.4, 0.5) is 14.9 Å². The van der Waals surface area contributed by atoms with Crippen LogP contribution in [0.25, 0.3) is 11.1 Å². The Balaban J connectivity index is 1.30. The Morgan fingerprint density at radius 2 is 1.76 bits per heavy atom. The van der Waals surface area contributed by atoms with Crippen LogP contribution in [0, 0.1) is 5.82 Å². The van der Waals surface area contributed by atoms with Gasteiger partial charge in [0.2, 0.25) is 15.9 Å². The first-order chi connectivity index (χ1) is 18.1. The molecule has 1 fully saturated rings. The second kappa shape index (κ2) is 11.7. The maximum atomic E-state index is 15.0. The quantitative estimate of drug-likeness (QED) is 0.339. The van der Waals surface area contributed by atoms with Crippen molar-refractivity contribution < 1.29 is 27.1 Å². The Hall–Kier alpha value is -3.80. The van der Waals surface area contributed by atoms with Gasteiger partial charge in [-0.1, -0.05) is 36.4 Å². The van der Waals surface area contributed by atoms with Gasteiger partial charge in [0.25, 0.3) is 0 Å². The predicted octanol–water partition coefficient (Wildman–Crippen LogP) is 2.93. The Bertz CT molecular complexity index is 1410. The molecule has 3 aromatic rings. The van der Waals surface area contributed by atoms with E-state index in [1.807, 2.05) is 24.3 Å². The van der Waals surface area contributed by atoms with E-state index in [4.69, 9.17) is 9.88 Å². The van der Waals surface area contributed by atoms with Gasteiger partial charge in [-0.3, -0.25) is 9.69 Å². The smallest absolute Gasteiger partial charge is 0.414 e. The SMILES string of the molecule is CC(=O)NC[C@H]1CN(c2ccc(-c3ccc(CNCCc4ccc(S(N)(=O)=O)cc4)cc3)c(F)c2)C(=O)O1. The van der Waals surface area contributed by atoms with Crippen LogP contribution in [0.2, 0.25) is 0 Å². The van der Waals surface area contributed by atoms with Gasteiger partial charge >= 0.3 is 6.09 Å². The van der Waals surface area contributed by atoms with Crippen LogP contribution in [-0.4, -0.2) is 46.2 Å². The molecule has 0 aromatic heterocycles. The van der Waals surface area contributed by atoms with E-state index in [0.29, 0.717) is 29.9 Å². The average molecular weight is 541 g/mol. The van der Waals surface area contributed by atoms with Crippen LogP contribution in [0.15, 0.2) is 71.6 Å². The fraction of sp³-hybridized carbons (Fsp3) is 0.259. The number of rotatable bonds is 10. The van der Waals surface area contributed by atoms with Gasteiger partial charge in [0, 0.05) is 19.0 Å². The van der Waals surface area contributed by atoms with Gasteiger partial charge < -0.3 is 15.4 Å². The second-order valence-corrected chi connectivity index (χ2v) is 10.6. The zero-order valence-corrected chi connectivity index (χ0v) is 21.6. The molecule has 0 unspecified atom stereocenters. The topological polar surface area (TPSA) is 131 Å². The number of benzene rings is 3. The highest BCUT2D eigenvalue weighted by molar-refractivity contribution is 7.89. The number of anilines is 1. The zero-order valence-electron chi connectivity index (χ0n) is 20.8. The minimum atomic E-state index is -3.69. The van der Waals surface area contributed by atoms with E-state index >= 15 is 0 Å². The number of nitrogens with two attached hydrogens (primary N) is 1.